The molecule has 3 aromatic rings. The highest BCUT2D eigenvalue weighted by molar-refractivity contribution is 5.82. The molecular formula is C26H27F3N2O4. The Bertz CT molecular complexity index is 1260. The lowest BCUT2D eigenvalue weighted by atomic mass is 10.0. The number of alkyl halides is 3. The zero-order valence-corrected chi connectivity index (χ0v) is 19.7. The van der Waals surface area contributed by atoms with Crippen molar-refractivity contribution in [2.75, 3.05) is 33.3 Å². The fourth-order valence-corrected chi connectivity index (χ4v) is 4.39. The Morgan fingerprint density at radius 1 is 1.06 bits per heavy atom. The number of hydrogen-bond donors (Lipinski definition) is 0. The topological polar surface area (TPSA) is 63.0 Å². The number of halogens is 3. The van der Waals surface area contributed by atoms with Crippen molar-refractivity contribution in [2.45, 2.75) is 32.5 Å². The Morgan fingerprint density at radius 3 is 2.37 bits per heavy atom. The van der Waals surface area contributed by atoms with E-state index in [-0.39, 0.29) is 12.3 Å². The molecule has 1 aromatic heterocycles. The molecule has 0 aliphatic carbocycles. The van der Waals surface area contributed by atoms with Crippen LogP contribution in [0.1, 0.15) is 28.7 Å². The van der Waals surface area contributed by atoms with E-state index in [0.717, 1.165) is 28.6 Å². The molecule has 6 nitrogen and oxygen atoms in total. The van der Waals surface area contributed by atoms with Crippen molar-refractivity contribution >= 4 is 16.9 Å². The third-order valence-corrected chi connectivity index (χ3v) is 6.50. The van der Waals surface area contributed by atoms with Crippen LogP contribution < -0.4 is 10.4 Å². The first-order valence-corrected chi connectivity index (χ1v) is 11.4. The number of aryl methyl sites for hydroxylation is 1. The number of methoxy groups -OCH3 is 1. The maximum Gasteiger partial charge on any atom is 0.416 e. The van der Waals surface area contributed by atoms with Crippen molar-refractivity contribution < 1.29 is 27.1 Å². The third-order valence-electron chi connectivity index (χ3n) is 6.50. The van der Waals surface area contributed by atoms with Crippen molar-refractivity contribution in [3.05, 3.63) is 75.1 Å². The van der Waals surface area contributed by atoms with Crippen LogP contribution in [-0.4, -0.2) is 49.0 Å². The largest absolute Gasteiger partial charge is 0.497 e. The Kier molecular flexibility index (Phi) is 7.16. The summed E-state index contributed by atoms with van der Waals surface area (Å²) in [5.41, 5.74) is 1.44. The van der Waals surface area contributed by atoms with Gasteiger partial charge in [-0.25, -0.2) is 4.79 Å². The highest BCUT2D eigenvalue weighted by Gasteiger charge is 2.30. The van der Waals surface area contributed by atoms with Crippen molar-refractivity contribution in [3.63, 3.8) is 0 Å². The Labute approximate surface area is 200 Å². The van der Waals surface area contributed by atoms with Crippen LogP contribution in [0.3, 0.4) is 0 Å². The number of hydrogen-bond acceptors (Lipinski definition) is 5. The van der Waals surface area contributed by atoms with E-state index in [9.17, 15) is 22.8 Å². The molecule has 0 bridgehead atoms. The Morgan fingerprint density at radius 2 is 1.74 bits per heavy atom. The SMILES string of the molecule is COc1ccc2c(C)c(CCC(=O)N3CCN(Cc4ccc(C(F)(F)F)cc4)CC3)c(=O)oc2c1. The van der Waals surface area contributed by atoms with Gasteiger partial charge in [-0.1, -0.05) is 12.1 Å². The molecule has 2 aromatic carbocycles. The van der Waals surface area contributed by atoms with Gasteiger partial charge in [0.05, 0.1) is 12.7 Å². The molecule has 0 spiro atoms. The second-order valence-electron chi connectivity index (χ2n) is 8.71. The summed E-state index contributed by atoms with van der Waals surface area (Å²) in [6.45, 7) is 4.71. The predicted molar refractivity (Wildman–Crippen MR) is 125 cm³/mol. The molecule has 0 atom stereocenters. The van der Waals surface area contributed by atoms with Crippen molar-refractivity contribution in [1.82, 2.24) is 9.80 Å². The standard InChI is InChI=1S/C26H27F3N2O4/c1-17-21-8-7-20(34-2)15-23(21)35-25(33)22(17)9-10-24(32)31-13-11-30(12-14-31)16-18-3-5-19(6-4-18)26(27,28)29/h3-8,15H,9-14,16H2,1-2H3. The highest BCUT2D eigenvalue weighted by atomic mass is 19.4. The number of rotatable bonds is 6. The van der Waals surface area contributed by atoms with Gasteiger partial charge in [-0.05, 0) is 48.7 Å². The molecule has 0 unspecified atom stereocenters. The number of ether oxygens (including phenoxy) is 1. The van der Waals surface area contributed by atoms with Gasteiger partial charge >= 0.3 is 11.8 Å². The highest BCUT2D eigenvalue weighted by Crippen LogP contribution is 2.29. The normalized spacial score (nSPS) is 14.9. The maximum absolute atomic E-state index is 12.8. The lowest BCUT2D eigenvalue weighted by Crippen LogP contribution is -2.48. The second kappa shape index (κ2) is 10.1. The number of amides is 1. The second-order valence-corrected chi connectivity index (χ2v) is 8.71. The molecule has 9 heteroatoms. The average molecular weight is 489 g/mol. The minimum atomic E-state index is -4.34. The molecule has 1 aliphatic rings. The molecular weight excluding hydrogens is 461 g/mol. The van der Waals surface area contributed by atoms with Gasteiger partial charge in [-0.3, -0.25) is 9.69 Å². The molecule has 186 valence electrons. The smallest absolute Gasteiger partial charge is 0.416 e. The summed E-state index contributed by atoms with van der Waals surface area (Å²) in [5.74, 6) is 0.563. The van der Waals surface area contributed by atoms with E-state index in [2.05, 4.69) is 4.90 Å². The molecule has 1 amide bonds. The number of piperazine rings is 1. The molecule has 2 heterocycles. The average Bonchev–Trinajstić information content (AvgIpc) is 2.83. The molecule has 0 radical (unpaired) electrons. The van der Waals surface area contributed by atoms with Crippen LogP contribution >= 0.6 is 0 Å². The van der Waals surface area contributed by atoms with E-state index >= 15 is 0 Å². The van der Waals surface area contributed by atoms with Gasteiger partial charge in [0.1, 0.15) is 11.3 Å². The summed E-state index contributed by atoms with van der Waals surface area (Å²) in [5, 5.41) is 0.810. The first kappa shape index (κ1) is 24.8. The number of carbonyl (C=O) groups is 1. The van der Waals surface area contributed by atoms with E-state index in [1.807, 2.05) is 13.0 Å². The molecule has 1 aliphatic heterocycles. The van der Waals surface area contributed by atoms with Gasteiger partial charge in [0, 0.05) is 56.2 Å². The summed E-state index contributed by atoms with van der Waals surface area (Å²) in [7, 11) is 1.54. The maximum atomic E-state index is 12.8. The predicted octanol–water partition coefficient (Wildman–Crippen LogP) is 4.41. The van der Waals surface area contributed by atoms with Crippen molar-refractivity contribution in [3.8, 4) is 5.75 Å². The third kappa shape index (κ3) is 5.67. The molecule has 0 N–H and O–H groups in total. The van der Waals surface area contributed by atoms with E-state index in [4.69, 9.17) is 9.15 Å². The summed E-state index contributed by atoms with van der Waals surface area (Å²) < 4.78 is 48.8. The zero-order chi connectivity index (χ0) is 25.2. The quantitative estimate of drug-likeness (QED) is 0.481. The van der Waals surface area contributed by atoms with Gasteiger partial charge in [0.15, 0.2) is 0 Å². The first-order chi connectivity index (χ1) is 16.7. The van der Waals surface area contributed by atoms with E-state index in [0.29, 0.717) is 56.0 Å². The number of carbonyl (C=O) groups excluding carboxylic acids is 1. The van der Waals surface area contributed by atoms with Crippen LogP contribution in [0.4, 0.5) is 13.2 Å². The molecule has 4 rings (SSSR count). The number of nitrogens with zero attached hydrogens (tertiary/aromatic N) is 2. The van der Waals surface area contributed by atoms with E-state index in [1.54, 1.807) is 24.1 Å². The Hall–Kier alpha value is -3.33. The minimum Gasteiger partial charge on any atom is -0.497 e. The van der Waals surface area contributed by atoms with Crippen LogP contribution in [0.5, 0.6) is 5.75 Å². The molecule has 1 fully saturated rings. The number of fused-ring (bicyclic) bond motifs is 1. The van der Waals surface area contributed by atoms with Crippen LogP contribution in [0.15, 0.2) is 51.7 Å². The van der Waals surface area contributed by atoms with Crippen LogP contribution in [-0.2, 0) is 23.9 Å². The lowest BCUT2D eigenvalue weighted by molar-refractivity contribution is -0.137. The fourth-order valence-electron chi connectivity index (χ4n) is 4.39. The summed E-state index contributed by atoms with van der Waals surface area (Å²) in [6.07, 6.45) is -3.85. The van der Waals surface area contributed by atoms with Gasteiger partial charge in [-0.15, -0.1) is 0 Å². The summed E-state index contributed by atoms with van der Waals surface area (Å²) in [6, 6.07) is 10.5. The first-order valence-electron chi connectivity index (χ1n) is 11.4. The minimum absolute atomic E-state index is 0.0344. The van der Waals surface area contributed by atoms with Gasteiger partial charge in [-0.2, -0.15) is 13.2 Å². The fraction of sp³-hybridized carbons (Fsp3) is 0.385. The lowest BCUT2D eigenvalue weighted by Gasteiger charge is -2.35. The van der Waals surface area contributed by atoms with Gasteiger partial charge < -0.3 is 14.1 Å². The number of benzene rings is 2. The van der Waals surface area contributed by atoms with Crippen LogP contribution in [0, 0.1) is 6.92 Å². The van der Waals surface area contributed by atoms with Crippen LogP contribution in [0.2, 0.25) is 0 Å². The zero-order valence-electron chi connectivity index (χ0n) is 19.7. The molecule has 0 saturated carbocycles. The van der Waals surface area contributed by atoms with E-state index in [1.165, 1.54) is 12.1 Å². The van der Waals surface area contributed by atoms with Crippen molar-refractivity contribution in [2.24, 2.45) is 0 Å². The van der Waals surface area contributed by atoms with Crippen molar-refractivity contribution in [1.29, 1.82) is 0 Å². The molecule has 1 saturated heterocycles. The van der Waals surface area contributed by atoms with Crippen LogP contribution in [0.25, 0.3) is 11.0 Å². The summed E-state index contributed by atoms with van der Waals surface area (Å²) >= 11 is 0. The van der Waals surface area contributed by atoms with Gasteiger partial charge in [0.2, 0.25) is 5.91 Å². The van der Waals surface area contributed by atoms with Gasteiger partial charge in [0.25, 0.3) is 0 Å². The van der Waals surface area contributed by atoms with E-state index < -0.39 is 17.4 Å². The summed E-state index contributed by atoms with van der Waals surface area (Å²) in [4.78, 5) is 29.2. The Balaban J connectivity index is 1.32. The monoisotopic (exact) mass is 488 g/mol. The molecule has 35 heavy (non-hydrogen) atoms.